The summed E-state index contributed by atoms with van der Waals surface area (Å²) >= 11 is 0. The summed E-state index contributed by atoms with van der Waals surface area (Å²) in [5, 5.41) is 19.7. The van der Waals surface area contributed by atoms with Crippen LogP contribution in [0.15, 0.2) is 11.6 Å². The molecule has 6 atom stereocenters. The topological polar surface area (TPSA) is 74.6 Å². The van der Waals surface area contributed by atoms with Gasteiger partial charge in [-0.1, -0.05) is 12.5 Å². The molecule has 4 heteroatoms. The van der Waals surface area contributed by atoms with Gasteiger partial charge in [0.1, 0.15) is 6.61 Å². The van der Waals surface area contributed by atoms with Crippen LogP contribution in [0.3, 0.4) is 0 Å². The van der Waals surface area contributed by atoms with E-state index in [1.54, 1.807) is 0 Å². The molecule has 4 rings (SSSR count). The second kappa shape index (κ2) is 6.02. The summed E-state index contributed by atoms with van der Waals surface area (Å²) in [5.74, 6) is 1.71. The summed E-state index contributed by atoms with van der Waals surface area (Å²) in [6.07, 6.45) is 9.15. The Labute approximate surface area is 149 Å². The molecule has 2 N–H and O–H groups in total. The minimum atomic E-state index is -0.337. The number of ketones is 2. The van der Waals surface area contributed by atoms with Crippen LogP contribution in [0, 0.1) is 34.5 Å². The van der Waals surface area contributed by atoms with Gasteiger partial charge >= 0.3 is 0 Å². The van der Waals surface area contributed by atoms with Gasteiger partial charge in [-0.3, -0.25) is 9.59 Å². The van der Waals surface area contributed by atoms with Crippen LogP contribution in [0.25, 0.3) is 0 Å². The van der Waals surface area contributed by atoms with Gasteiger partial charge in [-0.05, 0) is 74.2 Å². The molecule has 3 saturated carbocycles. The molecule has 0 aromatic rings. The fourth-order valence-electron chi connectivity index (χ4n) is 7.30. The van der Waals surface area contributed by atoms with E-state index in [1.165, 1.54) is 5.57 Å². The molecule has 0 bridgehead atoms. The van der Waals surface area contributed by atoms with Crippen LogP contribution < -0.4 is 0 Å². The first kappa shape index (κ1) is 17.4. The van der Waals surface area contributed by atoms with Crippen molar-refractivity contribution in [2.45, 2.75) is 58.3 Å². The van der Waals surface area contributed by atoms with Crippen LogP contribution in [0.1, 0.15) is 58.3 Å². The number of aliphatic hydroxyl groups excluding tert-OH is 2. The highest BCUT2D eigenvalue weighted by Crippen LogP contribution is 2.66. The van der Waals surface area contributed by atoms with Crippen LogP contribution in [0.5, 0.6) is 0 Å². The van der Waals surface area contributed by atoms with Gasteiger partial charge in [0.25, 0.3) is 0 Å². The standard InChI is InChI=1S/C21H30O4/c1-20-8-7-17-15(16(20)4-5-18(20)19(25)11-22)3-2-13-10-14(24)6-9-21(13,17)12-23/h10,15-18,22-23H,2-9,11-12H2,1H3/t15?,16?,17?,18-,20+,21-/m1/s1. The average Bonchev–Trinajstić information content (AvgIpc) is 2.98. The van der Waals surface area contributed by atoms with E-state index in [4.69, 9.17) is 0 Å². The Kier molecular flexibility index (Phi) is 4.19. The highest BCUT2D eigenvalue weighted by molar-refractivity contribution is 5.91. The minimum Gasteiger partial charge on any atom is -0.395 e. The molecule has 3 fully saturated rings. The predicted octanol–water partition coefficient (Wildman–Crippen LogP) is 2.67. The summed E-state index contributed by atoms with van der Waals surface area (Å²) in [6.45, 7) is 2.08. The first-order valence-corrected chi connectivity index (χ1v) is 9.94. The molecule has 25 heavy (non-hydrogen) atoms. The lowest BCUT2D eigenvalue weighted by atomic mass is 9.46. The highest BCUT2D eigenvalue weighted by Gasteiger charge is 2.60. The number of aliphatic hydroxyl groups is 2. The van der Waals surface area contributed by atoms with Crippen molar-refractivity contribution in [2.75, 3.05) is 13.2 Å². The number of fused-ring (bicyclic) bond motifs is 5. The lowest BCUT2D eigenvalue weighted by Gasteiger charge is -2.58. The average molecular weight is 346 g/mol. The van der Waals surface area contributed by atoms with Crippen LogP contribution in [0.2, 0.25) is 0 Å². The molecule has 0 aromatic carbocycles. The fraction of sp³-hybridized carbons (Fsp3) is 0.810. The number of rotatable bonds is 3. The van der Waals surface area contributed by atoms with Gasteiger partial charge in [-0.25, -0.2) is 0 Å². The van der Waals surface area contributed by atoms with Crippen molar-refractivity contribution in [3.8, 4) is 0 Å². The zero-order valence-electron chi connectivity index (χ0n) is 15.2. The third-order valence-corrected chi connectivity index (χ3v) is 8.51. The van der Waals surface area contributed by atoms with Gasteiger partial charge in [0, 0.05) is 17.8 Å². The third kappa shape index (κ3) is 2.33. The summed E-state index contributed by atoms with van der Waals surface area (Å²) in [7, 11) is 0. The Morgan fingerprint density at radius 3 is 2.64 bits per heavy atom. The molecule has 138 valence electrons. The maximum Gasteiger partial charge on any atom is 0.161 e. The molecule has 0 radical (unpaired) electrons. The highest BCUT2D eigenvalue weighted by atomic mass is 16.3. The maximum atomic E-state index is 12.3. The monoisotopic (exact) mass is 346 g/mol. The third-order valence-electron chi connectivity index (χ3n) is 8.51. The van der Waals surface area contributed by atoms with Gasteiger partial charge < -0.3 is 10.2 Å². The van der Waals surface area contributed by atoms with E-state index in [9.17, 15) is 19.8 Å². The lowest BCUT2D eigenvalue weighted by molar-refractivity contribution is -0.134. The molecular formula is C21H30O4. The molecule has 0 aromatic heterocycles. The molecule has 0 aliphatic heterocycles. The first-order valence-electron chi connectivity index (χ1n) is 9.94. The Bertz CT molecular complexity index is 623. The van der Waals surface area contributed by atoms with E-state index in [1.807, 2.05) is 6.08 Å². The molecule has 3 unspecified atom stereocenters. The Balaban J connectivity index is 1.67. The summed E-state index contributed by atoms with van der Waals surface area (Å²) in [5.41, 5.74) is 0.998. The van der Waals surface area contributed by atoms with Gasteiger partial charge in [-0.2, -0.15) is 0 Å². The van der Waals surface area contributed by atoms with Crippen molar-refractivity contribution in [2.24, 2.45) is 34.5 Å². The van der Waals surface area contributed by atoms with Crippen molar-refractivity contribution < 1.29 is 19.8 Å². The normalized spacial score (nSPS) is 46.0. The maximum absolute atomic E-state index is 12.3. The number of carbonyl (C=O) groups excluding carboxylic acids is 2. The predicted molar refractivity (Wildman–Crippen MR) is 93.7 cm³/mol. The van der Waals surface area contributed by atoms with Gasteiger partial charge in [0.15, 0.2) is 11.6 Å². The summed E-state index contributed by atoms with van der Waals surface area (Å²) in [6, 6.07) is 0. The molecule has 0 amide bonds. The molecule has 4 aliphatic rings. The van der Waals surface area contributed by atoms with Crippen LogP contribution >= 0.6 is 0 Å². The zero-order chi connectivity index (χ0) is 17.8. The van der Waals surface area contributed by atoms with Crippen molar-refractivity contribution >= 4 is 11.6 Å². The fourth-order valence-corrected chi connectivity index (χ4v) is 7.30. The number of carbonyl (C=O) groups is 2. The number of hydrogen-bond donors (Lipinski definition) is 2. The molecule has 0 heterocycles. The minimum absolute atomic E-state index is 0.00148. The van der Waals surface area contributed by atoms with Gasteiger partial charge in [0.2, 0.25) is 0 Å². The van der Waals surface area contributed by atoms with Gasteiger partial charge in [-0.15, -0.1) is 0 Å². The van der Waals surface area contributed by atoms with E-state index >= 15 is 0 Å². The molecule has 0 spiro atoms. The molecule has 4 nitrogen and oxygen atoms in total. The van der Waals surface area contributed by atoms with Crippen LogP contribution in [0.4, 0.5) is 0 Å². The molecular weight excluding hydrogens is 316 g/mol. The number of hydrogen-bond acceptors (Lipinski definition) is 4. The van der Waals surface area contributed by atoms with Gasteiger partial charge in [0.05, 0.1) is 6.61 Å². The summed E-state index contributed by atoms with van der Waals surface area (Å²) in [4.78, 5) is 24.2. The second-order valence-electron chi connectivity index (χ2n) is 9.16. The quantitative estimate of drug-likeness (QED) is 0.824. The lowest BCUT2D eigenvalue weighted by Crippen LogP contribution is -2.53. The van der Waals surface area contributed by atoms with Crippen molar-refractivity contribution in [1.82, 2.24) is 0 Å². The van der Waals surface area contributed by atoms with E-state index in [-0.39, 0.29) is 41.5 Å². The Hall–Kier alpha value is -1.00. The van der Waals surface area contributed by atoms with Crippen molar-refractivity contribution in [3.05, 3.63) is 11.6 Å². The molecule has 0 saturated heterocycles. The van der Waals surface area contributed by atoms with E-state index < -0.39 is 0 Å². The largest absolute Gasteiger partial charge is 0.395 e. The zero-order valence-corrected chi connectivity index (χ0v) is 15.2. The van der Waals surface area contributed by atoms with Crippen LogP contribution in [-0.2, 0) is 9.59 Å². The Morgan fingerprint density at radius 1 is 1.12 bits per heavy atom. The van der Waals surface area contributed by atoms with Crippen LogP contribution in [-0.4, -0.2) is 35.0 Å². The van der Waals surface area contributed by atoms with E-state index in [0.29, 0.717) is 24.2 Å². The summed E-state index contributed by atoms with van der Waals surface area (Å²) < 4.78 is 0. The van der Waals surface area contributed by atoms with E-state index in [2.05, 4.69) is 6.92 Å². The van der Waals surface area contributed by atoms with Crippen molar-refractivity contribution in [1.29, 1.82) is 0 Å². The Morgan fingerprint density at radius 2 is 1.92 bits per heavy atom. The smallest absolute Gasteiger partial charge is 0.161 e. The number of Topliss-reactive ketones (excluding diaryl/α,β-unsaturated/α-hetero) is 1. The first-order chi connectivity index (χ1) is 12.0. The second-order valence-corrected chi connectivity index (χ2v) is 9.16. The molecule has 4 aliphatic carbocycles. The van der Waals surface area contributed by atoms with E-state index in [0.717, 1.165) is 44.9 Å². The van der Waals surface area contributed by atoms with Crippen molar-refractivity contribution in [3.63, 3.8) is 0 Å². The SMILES string of the molecule is C[C@]12CCC3C(CCC4=CC(=O)CC[C@@]43CO)C1CC[C@@H]2C(=O)CO.